The van der Waals surface area contributed by atoms with E-state index in [4.69, 9.17) is 5.73 Å². The van der Waals surface area contributed by atoms with E-state index in [1.54, 1.807) is 38.1 Å². The molecule has 0 aliphatic rings. The number of carbonyl (C=O) groups excluding carboxylic acids is 1. The molecule has 2 aromatic heterocycles. The first kappa shape index (κ1) is 23.5. The Bertz CT molecular complexity index is 1570. The van der Waals surface area contributed by atoms with E-state index in [2.05, 4.69) is 15.2 Å². The lowest BCUT2D eigenvalue weighted by Gasteiger charge is -2.15. The molecule has 2 aromatic carbocycles. The minimum absolute atomic E-state index is 0.0105. The number of pyridine rings is 1. The van der Waals surface area contributed by atoms with Crippen LogP contribution >= 0.6 is 0 Å². The van der Waals surface area contributed by atoms with Crippen LogP contribution in [-0.2, 0) is 0 Å². The van der Waals surface area contributed by atoms with Gasteiger partial charge in [0.15, 0.2) is 5.82 Å². The van der Waals surface area contributed by atoms with Crippen LogP contribution in [0.2, 0.25) is 0 Å². The van der Waals surface area contributed by atoms with Crippen molar-refractivity contribution in [2.24, 2.45) is 5.73 Å². The molecule has 0 atom stereocenters. The number of alkyl halides is 3. The number of rotatable bonds is 4. The maximum Gasteiger partial charge on any atom is 0.573 e. The first-order valence-corrected chi connectivity index (χ1v) is 10.1. The summed E-state index contributed by atoms with van der Waals surface area (Å²) in [6.07, 6.45) is -4.86. The third-order valence-electron chi connectivity index (χ3n) is 5.29. The van der Waals surface area contributed by atoms with Gasteiger partial charge in [-0.1, -0.05) is 18.2 Å². The second kappa shape index (κ2) is 8.63. The van der Waals surface area contributed by atoms with Gasteiger partial charge in [-0.05, 0) is 55.8 Å². The number of nitrogens with two attached hydrogens (primary N) is 1. The van der Waals surface area contributed by atoms with Gasteiger partial charge in [0.2, 0.25) is 0 Å². The Morgan fingerprint density at radius 3 is 2.23 bits per heavy atom. The molecule has 9 nitrogen and oxygen atoms in total. The lowest BCUT2D eigenvalue weighted by molar-refractivity contribution is -0.274. The van der Waals surface area contributed by atoms with Gasteiger partial charge >= 0.3 is 12.4 Å². The quantitative estimate of drug-likeness (QED) is 0.454. The van der Waals surface area contributed by atoms with E-state index in [0.717, 1.165) is 21.4 Å². The lowest BCUT2D eigenvalue weighted by Crippen LogP contribution is -2.35. The second-order valence-corrected chi connectivity index (χ2v) is 7.58. The van der Waals surface area contributed by atoms with Crippen molar-refractivity contribution in [3.8, 4) is 11.4 Å². The number of amides is 1. The highest BCUT2D eigenvalue weighted by molar-refractivity contribution is 5.92. The van der Waals surface area contributed by atoms with Gasteiger partial charge in [-0.2, -0.15) is 4.68 Å². The predicted octanol–water partition coefficient (Wildman–Crippen LogP) is 3.73. The van der Waals surface area contributed by atoms with Crippen molar-refractivity contribution in [3.05, 3.63) is 86.6 Å². The maximum absolute atomic E-state index is 13.1. The third-order valence-corrected chi connectivity index (χ3v) is 5.29. The minimum atomic E-state index is -4.86. The van der Waals surface area contributed by atoms with Crippen LogP contribution in [0.1, 0.15) is 11.3 Å². The van der Waals surface area contributed by atoms with Crippen LogP contribution < -0.4 is 26.9 Å². The number of hydrogen-bond acceptors (Lipinski definition) is 6. The molecule has 180 valence electrons. The van der Waals surface area contributed by atoms with Crippen molar-refractivity contribution in [1.29, 1.82) is 0 Å². The first-order chi connectivity index (χ1) is 16.5. The molecule has 0 saturated carbocycles. The Labute approximate surface area is 195 Å². The zero-order chi connectivity index (χ0) is 25.5. The Balaban J connectivity index is 1.87. The van der Waals surface area contributed by atoms with E-state index < -0.39 is 29.3 Å². The van der Waals surface area contributed by atoms with E-state index in [0.29, 0.717) is 16.6 Å². The van der Waals surface area contributed by atoms with Gasteiger partial charge in [0.05, 0.1) is 11.1 Å². The minimum Gasteiger partial charge on any atom is -0.406 e. The number of hydrogen-bond donors (Lipinski definition) is 2. The third kappa shape index (κ3) is 4.58. The van der Waals surface area contributed by atoms with Gasteiger partial charge in [-0.25, -0.2) is 9.36 Å². The molecular formula is C23H18F3N5O4. The Kier molecular flexibility index (Phi) is 5.81. The van der Waals surface area contributed by atoms with E-state index in [9.17, 15) is 27.6 Å². The van der Waals surface area contributed by atoms with Crippen LogP contribution in [-0.4, -0.2) is 26.7 Å². The average molecular weight is 485 g/mol. The summed E-state index contributed by atoms with van der Waals surface area (Å²) in [5, 5.41) is 7.80. The predicted molar refractivity (Wildman–Crippen MR) is 122 cm³/mol. The number of fused-ring (bicyclic) bond motifs is 1. The normalized spacial score (nSPS) is 11.5. The van der Waals surface area contributed by atoms with Gasteiger partial charge in [0.25, 0.3) is 11.1 Å². The number of aromatic nitrogens is 3. The van der Waals surface area contributed by atoms with Crippen molar-refractivity contribution in [2.75, 3.05) is 5.32 Å². The fourth-order valence-electron chi connectivity index (χ4n) is 3.56. The van der Waals surface area contributed by atoms with Crippen molar-refractivity contribution >= 4 is 28.3 Å². The fraction of sp³-hybridized carbons (Fsp3) is 0.130. The largest absolute Gasteiger partial charge is 0.573 e. The molecule has 0 aliphatic heterocycles. The summed E-state index contributed by atoms with van der Waals surface area (Å²) in [6.45, 7) is 3.27. The van der Waals surface area contributed by atoms with E-state index >= 15 is 0 Å². The van der Waals surface area contributed by atoms with Gasteiger partial charge < -0.3 is 15.8 Å². The molecule has 0 saturated heterocycles. The SMILES string of the molecule is Cc1cc(Nc2nn(-c3ccc(OC(F)(F)F)cc3)c(=O)c3ccccc23)c(=O)n(C(N)=O)c1C. The molecule has 2 heterocycles. The molecule has 0 unspecified atom stereocenters. The van der Waals surface area contributed by atoms with Crippen molar-refractivity contribution in [3.63, 3.8) is 0 Å². The summed E-state index contributed by atoms with van der Waals surface area (Å²) in [6, 6.07) is 11.6. The molecule has 0 aliphatic carbocycles. The number of nitrogens with zero attached hydrogens (tertiary/aromatic N) is 3. The lowest BCUT2D eigenvalue weighted by atomic mass is 10.1. The zero-order valence-electron chi connectivity index (χ0n) is 18.4. The summed E-state index contributed by atoms with van der Waals surface area (Å²) < 4.78 is 43.1. The number of aryl methyl sites for hydroxylation is 1. The number of anilines is 2. The Morgan fingerprint density at radius 1 is 1.00 bits per heavy atom. The molecule has 0 fully saturated rings. The fourth-order valence-corrected chi connectivity index (χ4v) is 3.56. The first-order valence-electron chi connectivity index (χ1n) is 10.1. The molecule has 4 rings (SSSR count). The van der Waals surface area contributed by atoms with Crippen LogP contribution in [0, 0.1) is 13.8 Å². The number of halogens is 3. The monoisotopic (exact) mass is 485 g/mol. The van der Waals surface area contributed by atoms with E-state index in [1.165, 1.54) is 18.2 Å². The van der Waals surface area contributed by atoms with Crippen molar-refractivity contribution in [1.82, 2.24) is 14.3 Å². The Hall–Kier alpha value is -4.61. The standard InChI is InChI=1S/C23H18F3N5O4/c1-12-11-18(21(33)30(13(12)2)22(27)34)28-19-16-5-3-4-6-17(16)20(32)31(29-19)14-7-9-15(10-8-14)35-23(24,25)26/h3-11H,1-2H3,(H2,27,34)(H,28,29). The molecule has 4 aromatic rings. The molecule has 12 heteroatoms. The number of benzene rings is 2. The summed E-state index contributed by atoms with van der Waals surface area (Å²) in [4.78, 5) is 37.8. The summed E-state index contributed by atoms with van der Waals surface area (Å²) in [5.41, 5.74) is 5.24. The molecule has 0 bridgehead atoms. The summed E-state index contributed by atoms with van der Waals surface area (Å²) >= 11 is 0. The van der Waals surface area contributed by atoms with Crippen molar-refractivity contribution in [2.45, 2.75) is 20.2 Å². The van der Waals surface area contributed by atoms with Gasteiger partial charge in [0.1, 0.15) is 11.4 Å². The van der Waals surface area contributed by atoms with Crippen LogP contribution in [0.15, 0.2) is 64.2 Å². The molecule has 3 N–H and O–H groups in total. The Morgan fingerprint density at radius 2 is 1.63 bits per heavy atom. The molecular weight excluding hydrogens is 467 g/mol. The number of nitrogens with one attached hydrogen (secondary N) is 1. The van der Waals surface area contributed by atoms with Crippen LogP contribution in [0.4, 0.5) is 29.5 Å². The van der Waals surface area contributed by atoms with Gasteiger partial charge in [-0.3, -0.25) is 9.59 Å². The average Bonchev–Trinajstić information content (AvgIpc) is 2.79. The number of ether oxygens (including phenoxy) is 1. The zero-order valence-corrected chi connectivity index (χ0v) is 18.4. The maximum atomic E-state index is 13.1. The van der Waals surface area contributed by atoms with Crippen molar-refractivity contribution < 1.29 is 22.7 Å². The summed E-state index contributed by atoms with van der Waals surface area (Å²) in [7, 11) is 0. The van der Waals surface area contributed by atoms with Crippen LogP contribution in [0.5, 0.6) is 5.75 Å². The van der Waals surface area contributed by atoms with Crippen LogP contribution in [0.25, 0.3) is 16.5 Å². The number of primary amides is 1. The highest BCUT2D eigenvalue weighted by Crippen LogP contribution is 2.25. The summed E-state index contributed by atoms with van der Waals surface area (Å²) in [5.74, 6) is -0.359. The van der Waals surface area contributed by atoms with Gasteiger partial charge in [0, 0.05) is 11.1 Å². The molecule has 35 heavy (non-hydrogen) atoms. The topological polar surface area (TPSA) is 121 Å². The van der Waals surface area contributed by atoms with E-state index in [1.807, 2.05) is 0 Å². The van der Waals surface area contributed by atoms with Crippen LogP contribution in [0.3, 0.4) is 0 Å². The number of carbonyl (C=O) groups is 1. The second-order valence-electron chi connectivity index (χ2n) is 7.58. The highest BCUT2D eigenvalue weighted by atomic mass is 19.4. The molecule has 1 amide bonds. The smallest absolute Gasteiger partial charge is 0.406 e. The molecule has 0 spiro atoms. The van der Waals surface area contributed by atoms with Gasteiger partial charge in [-0.15, -0.1) is 18.3 Å². The highest BCUT2D eigenvalue weighted by Gasteiger charge is 2.31. The molecule has 0 radical (unpaired) electrons. The van der Waals surface area contributed by atoms with E-state index in [-0.39, 0.29) is 22.6 Å².